The topological polar surface area (TPSA) is 74.2 Å². The van der Waals surface area contributed by atoms with Gasteiger partial charge in [0.1, 0.15) is 6.07 Å². The van der Waals surface area contributed by atoms with E-state index in [0.717, 1.165) is 11.3 Å². The smallest absolute Gasteiger partial charge is 0.271 e. The van der Waals surface area contributed by atoms with E-state index in [1.807, 2.05) is 43.3 Å². The van der Waals surface area contributed by atoms with E-state index in [-0.39, 0.29) is 11.5 Å². The first-order chi connectivity index (χ1) is 10.7. The number of aryl methyl sites for hydroxylation is 1. The Balaban J connectivity index is 1.83. The maximum absolute atomic E-state index is 12.3. The lowest BCUT2D eigenvalue weighted by Crippen LogP contribution is -2.18. The fourth-order valence-electron chi connectivity index (χ4n) is 2.07. The van der Waals surface area contributed by atoms with Gasteiger partial charge in [-0.3, -0.25) is 4.79 Å². The molecule has 5 heteroatoms. The summed E-state index contributed by atoms with van der Waals surface area (Å²) in [6.45, 7) is 1.96. The minimum absolute atomic E-state index is 0.100. The molecular formula is C17H13N3O2. The Labute approximate surface area is 127 Å². The van der Waals surface area contributed by atoms with Crippen molar-refractivity contribution in [3.05, 3.63) is 65.6 Å². The van der Waals surface area contributed by atoms with Crippen molar-refractivity contribution in [1.82, 2.24) is 0 Å². The van der Waals surface area contributed by atoms with Crippen molar-refractivity contribution in [2.75, 3.05) is 10.6 Å². The van der Waals surface area contributed by atoms with Crippen LogP contribution >= 0.6 is 0 Å². The van der Waals surface area contributed by atoms with Crippen molar-refractivity contribution in [1.29, 1.82) is 5.26 Å². The van der Waals surface area contributed by atoms with Crippen LogP contribution in [-0.2, 0) is 4.79 Å². The molecule has 1 heterocycles. The van der Waals surface area contributed by atoms with Crippen LogP contribution in [0.4, 0.5) is 11.4 Å². The van der Waals surface area contributed by atoms with Gasteiger partial charge in [0, 0.05) is 5.69 Å². The van der Waals surface area contributed by atoms with Crippen molar-refractivity contribution in [3.8, 4) is 11.8 Å². The van der Waals surface area contributed by atoms with Gasteiger partial charge in [0.15, 0.2) is 11.3 Å². The molecule has 0 fully saturated rings. The number of anilines is 2. The summed E-state index contributed by atoms with van der Waals surface area (Å²) in [5.74, 6) is 0.225. The largest absolute Gasteiger partial charge is 0.437 e. The van der Waals surface area contributed by atoms with E-state index >= 15 is 0 Å². The van der Waals surface area contributed by atoms with E-state index in [9.17, 15) is 10.1 Å². The maximum atomic E-state index is 12.3. The summed E-state index contributed by atoms with van der Waals surface area (Å²) in [7, 11) is 0. The average molecular weight is 291 g/mol. The van der Waals surface area contributed by atoms with Crippen molar-refractivity contribution >= 4 is 17.3 Å². The number of rotatable bonds is 2. The molecule has 0 spiro atoms. The number of carbonyl (C=O) groups excluding carboxylic acids is 1. The monoisotopic (exact) mass is 291 g/mol. The van der Waals surface area contributed by atoms with Gasteiger partial charge in [-0.2, -0.15) is 5.26 Å². The zero-order valence-electron chi connectivity index (χ0n) is 11.9. The highest BCUT2D eigenvalue weighted by molar-refractivity contribution is 6.07. The molecule has 1 aliphatic rings. The number of hydrogen-bond donors (Lipinski definition) is 2. The second-order valence-electron chi connectivity index (χ2n) is 4.86. The standard InChI is InChI=1S/C17H13N3O2/c1-11-6-8-12(9-7-11)19-16(21)13(10-18)17-20-14-4-2-3-5-15(14)22-17/h2-9,20H,1H3,(H,19,21)/b17-13-. The van der Waals surface area contributed by atoms with E-state index in [0.29, 0.717) is 11.4 Å². The number of fused-ring (bicyclic) bond motifs is 1. The second-order valence-corrected chi connectivity index (χ2v) is 4.86. The van der Waals surface area contributed by atoms with Crippen LogP contribution in [0.5, 0.6) is 5.75 Å². The molecule has 2 N–H and O–H groups in total. The first-order valence-corrected chi connectivity index (χ1v) is 6.73. The van der Waals surface area contributed by atoms with Gasteiger partial charge in [-0.15, -0.1) is 0 Å². The van der Waals surface area contributed by atoms with Gasteiger partial charge in [0.2, 0.25) is 5.88 Å². The Kier molecular flexibility index (Phi) is 3.50. The fraction of sp³-hybridized carbons (Fsp3) is 0.0588. The Morgan fingerprint density at radius 3 is 2.59 bits per heavy atom. The molecule has 0 aliphatic carbocycles. The Hall–Kier alpha value is -3.26. The molecule has 0 saturated carbocycles. The first-order valence-electron chi connectivity index (χ1n) is 6.73. The summed E-state index contributed by atoms with van der Waals surface area (Å²) in [5, 5.41) is 14.9. The number of carbonyl (C=O) groups is 1. The molecule has 2 aromatic rings. The zero-order valence-corrected chi connectivity index (χ0v) is 11.9. The van der Waals surface area contributed by atoms with Gasteiger partial charge < -0.3 is 15.4 Å². The van der Waals surface area contributed by atoms with Crippen LogP contribution in [0.3, 0.4) is 0 Å². The summed E-state index contributed by atoms with van der Waals surface area (Å²) in [5.41, 5.74) is 2.35. The first kappa shape index (κ1) is 13.7. The summed E-state index contributed by atoms with van der Waals surface area (Å²) < 4.78 is 5.52. The van der Waals surface area contributed by atoms with E-state index in [1.165, 1.54) is 0 Å². The van der Waals surface area contributed by atoms with Gasteiger partial charge in [-0.05, 0) is 31.2 Å². The SMILES string of the molecule is Cc1ccc(NC(=O)/C(C#N)=C2/Nc3ccccc3O2)cc1. The highest BCUT2D eigenvalue weighted by atomic mass is 16.5. The molecule has 0 saturated heterocycles. The van der Waals surface area contributed by atoms with Gasteiger partial charge in [-0.1, -0.05) is 29.8 Å². The minimum Gasteiger partial charge on any atom is -0.437 e. The molecule has 0 unspecified atom stereocenters. The molecule has 0 aromatic heterocycles. The molecule has 1 aliphatic heterocycles. The summed E-state index contributed by atoms with van der Waals surface area (Å²) in [4.78, 5) is 12.3. The predicted octanol–water partition coefficient (Wildman–Crippen LogP) is 3.17. The van der Waals surface area contributed by atoms with Crippen molar-refractivity contribution in [2.45, 2.75) is 6.92 Å². The molecule has 3 rings (SSSR count). The normalized spacial score (nSPS) is 14.2. The molecule has 1 amide bonds. The van der Waals surface area contributed by atoms with Crippen LogP contribution < -0.4 is 15.4 Å². The number of benzene rings is 2. The lowest BCUT2D eigenvalue weighted by atomic mass is 10.2. The molecule has 0 atom stereocenters. The molecule has 0 bridgehead atoms. The maximum Gasteiger partial charge on any atom is 0.271 e. The van der Waals surface area contributed by atoms with Gasteiger partial charge in [-0.25, -0.2) is 0 Å². The van der Waals surface area contributed by atoms with Gasteiger partial charge in [0.25, 0.3) is 5.91 Å². The third kappa shape index (κ3) is 2.63. The fourth-order valence-corrected chi connectivity index (χ4v) is 2.07. The van der Waals surface area contributed by atoms with Gasteiger partial charge in [0.05, 0.1) is 5.69 Å². The molecule has 108 valence electrons. The van der Waals surface area contributed by atoms with E-state index < -0.39 is 5.91 Å². The van der Waals surface area contributed by atoms with Crippen molar-refractivity contribution in [3.63, 3.8) is 0 Å². The lowest BCUT2D eigenvalue weighted by molar-refractivity contribution is -0.112. The van der Waals surface area contributed by atoms with Crippen LogP contribution in [0.2, 0.25) is 0 Å². The molecule has 22 heavy (non-hydrogen) atoms. The number of ether oxygens (including phenoxy) is 1. The second kappa shape index (κ2) is 5.62. The Morgan fingerprint density at radius 2 is 1.91 bits per heavy atom. The summed E-state index contributed by atoms with van der Waals surface area (Å²) >= 11 is 0. The average Bonchev–Trinajstić information content (AvgIpc) is 2.94. The third-order valence-corrected chi connectivity index (χ3v) is 3.22. The van der Waals surface area contributed by atoms with Gasteiger partial charge >= 0.3 is 0 Å². The summed E-state index contributed by atoms with van der Waals surface area (Å²) in [6, 6.07) is 16.5. The number of nitrogens with zero attached hydrogens (tertiary/aromatic N) is 1. The lowest BCUT2D eigenvalue weighted by Gasteiger charge is -2.06. The Morgan fingerprint density at radius 1 is 1.18 bits per heavy atom. The Bertz CT molecular complexity index is 774. The molecular weight excluding hydrogens is 278 g/mol. The number of nitriles is 1. The summed E-state index contributed by atoms with van der Waals surface area (Å²) in [6.07, 6.45) is 0. The van der Waals surface area contributed by atoms with E-state index in [1.54, 1.807) is 18.2 Å². The molecule has 0 radical (unpaired) electrons. The van der Waals surface area contributed by atoms with Crippen LogP contribution in [0, 0.1) is 18.3 Å². The highest BCUT2D eigenvalue weighted by Gasteiger charge is 2.24. The molecule has 5 nitrogen and oxygen atoms in total. The predicted molar refractivity (Wildman–Crippen MR) is 83.1 cm³/mol. The number of amides is 1. The minimum atomic E-state index is -0.512. The third-order valence-electron chi connectivity index (χ3n) is 3.22. The van der Waals surface area contributed by atoms with Crippen molar-refractivity contribution < 1.29 is 9.53 Å². The van der Waals surface area contributed by atoms with Crippen LogP contribution in [0.1, 0.15) is 5.56 Å². The van der Waals surface area contributed by atoms with Crippen LogP contribution in [-0.4, -0.2) is 5.91 Å². The van der Waals surface area contributed by atoms with Crippen LogP contribution in [0.25, 0.3) is 0 Å². The van der Waals surface area contributed by atoms with E-state index in [4.69, 9.17) is 4.74 Å². The quantitative estimate of drug-likeness (QED) is 0.658. The number of nitrogens with one attached hydrogen (secondary N) is 2. The highest BCUT2D eigenvalue weighted by Crippen LogP contribution is 2.33. The number of para-hydroxylation sites is 2. The number of hydrogen-bond acceptors (Lipinski definition) is 4. The zero-order chi connectivity index (χ0) is 15.5. The van der Waals surface area contributed by atoms with Crippen LogP contribution in [0.15, 0.2) is 60.0 Å². The van der Waals surface area contributed by atoms with E-state index in [2.05, 4.69) is 10.6 Å². The molecule has 2 aromatic carbocycles. The van der Waals surface area contributed by atoms with Crippen molar-refractivity contribution in [2.24, 2.45) is 0 Å².